The highest BCUT2D eigenvalue weighted by Crippen LogP contribution is 2.26. The van der Waals surface area contributed by atoms with Crippen molar-refractivity contribution >= 4 is 23.8 Å². The van der Waals surface area contributed by atoms with Gasteiger partial charge in [-0.2, -0.15) is 0 Å². The molecule has 0 heterocycles. The minimum atomic E-state index is 0.702. The number of rotatable bonds is 8. The first-order chi connectivity index (χ1) is 14.7. The lowest BCUT2D eigenvalue weighted by molar-refractivity contribution is 0.393. The average Bonchev–Trinajstić information content (AvgIpc) is 2.81. The van der Waals surface area contributed by atoms with Crippen LogP contribution in [0.3, 0.4) is 0 Å². The zero-order chi connectivity index (χ0) is 21.3. The summed E-state index contributed by atoms with van der Waals surface area (Å²) in [6.07, 6.45) is 3.53. The Hall–Kier alpha value is -3.80. The fourth-order valence-electron chi connectivity index (χ4n) is 2.76. The van der Waals surface area contributed by atoms with Crippen LogP contribution in [0.5, 0.6) is 23.0 Å². The molecule has 0 aliphatic carbocycles. The first kappa shape index (κ1) is 20.9. The van der Waals surface area contributed by atoms with Crippen molar-refractivity contribution in [1.29, 1.82) is 0 Å². The highest BCUT2D eigenvalue weighted by atomic mass is 16.5. The molecule has 3 aromatic rings. The van der Waals surface area contributed by atoms with E-state index in [0.717, 1.165) is 34.0 Å². The van der Waals surface area contributed by atoms with Gasteiger partial charge >= 0.3 is 0 Å². The molecule has 154 valence electrons. The smallest absolute Gasteiger partial charge is 0.131 e. The Kier molecular flexibility index (Phi) is 7.05. The molecule has 0 unspecified atom stereocenters. The van der Waals surface area contributed by atoms with Gasteiger partial charge in [-0.3, -0.25) is 9.98 Å². The van der Waals surface area contributed by atoms with Crippen LogP contribution in [-0.2, 0) is 0 Å². The Bertz CT molecular complexity index is 959. The first-order valence-corrected chi connectivity index (χ1v) is 9.29. The molecule has 0 amide bonds. The predicted molar refractivity (Wildman–Crippen MR) is 120 cm³/mol. The summed E-state index contributed by atoms with van der Waals surface area (Å²) in [5, 5.41) is 0. The molecule has 0 atom stereocenters. The molecule has 30 heavy (non-hydrogen) atoms. The molecule has 0 saturated heterocycles. The maximum Gasteiger partial charge on any atom is 0.131 e. The van der Waals surface area contributed by atoms with Crippen LogP contribution < -0.4 is 18.9 Å². The van der Waals surface area contributed by atoms with Crippen molar-refractivity contribution in [1.82, 2.24) is 0 Å². The van der Waals surface area contributed by atoms with E-state index in [0.29, 0.717) is 11.5 Å². The van der Waals surface area contributed by atoms with Gasteiger partial charge in [-0.15, -0.1) is 0 Å². The first-order valence-electron chi connectivity index (χ1n) is 9.29. The number of nitrogens with zero attached hydrogens (tertiary/aromatic N) is 2. The molecule has 0 bridgehead atoms. The summed E-state index contributed by atoms with van der Waals surface area (Å²) in [6.45, 7) is 0. The van der Waals surface area contributed by atoms with Gasteiger partial charge in [0.1, 0.15) is 23.0 Å². The molecule has 0 aliphatic heterocycles. The lowest BCUT2D eigenvalue weighted by Gasteiger charge is -2.07. The molecule has 0 aliphatic rings. The zero-order valence-electron chi connectivity index (χ0n) is 17.5. The van der Waals surface area contributed by atoms with Gasteiger partial charge in [0.25, 0.3) is 0 Å². The molecule has 6 nitrogen and oxygen atoms in total. The summed E-state index contributed by atoms with van der Waals surface area (Å²) in [5.41, 5.74) is 3.36. The lowest BCUT2D eigenvalue weighted by atomic mass is 10.2. The lowest BCUT2D eigenvalue weighted by Crippen LogP contribution is -1.92. The van der Waals surface area contributed by atoms with Crippen molar-refractivity contribution in [2.24, 2.45) is 9.98 Å². The van der Waals surface area contributed by atoms with Crippen LogP contribution in [0.2, 0.25) is 0 Å². The van der Waals surface area contributed by atoms with Crippen LogP contribution in [0.4, 0.5) is 11.4 Å². The molecular weight excluding hydrogens is 380 g/mol. The maximum absolute atomic E-state index is 5.39. The standard InChI is InChI=1S/C24H24N2O4/c1-27-21-11-5-17(23(13-21)29-3)15-25-19-7-9-20(10-8-19)26-16-18-6-12-22(28-2)14-24(18)30-4/h5-16H,1-4H3. The third-order valence-corrected chi connectivity index (χ3v) is 4.44. The van der Waals surface area contributed by atoms with Gasteiger partial charge < -0.3 is 18.9 Å². The third-order valence-electron chi connectivity index (χ3n) is 4.44. The van der Waals surface area contributed by atoms with Crippen LogP contribution in [0.1, 0.15) is 11.1 Å². The minimum absolute atomic E-state index is 0.702. The van der Waals surface area contributed by atoms with Gasteiger partial charge in [0.2, 0.25) is 0 Å². The van der Waals surface area contributed by atoms with Gasteiger partial charge in [0, 0.05) is 35.7 Å². The summed E-state index contributed by atoms with van der Waals surface area (Å²) in [7, 11) is 6.49. The summed E-state index contributed by atoms with van der Waals surface area (Å²) in [4.78, 5) is 9.03. The van der Waals surface area contributed by atoms with Crippen molar-refractivity contribution in [3.63, 3.8) is 0 Å². The Morgan fingerprint density at radius 3 is 1.27 bits per heavy atom. The van der Waals surface area contributed by atoms with Crippen LogP contribution in [0.15, 0.2) is 70.6 Å². The Labute approximate surface area is 176 Å². The second-order valence-electron chi connectivity index (χ2n) is 6.25. The van der Waals surface area contributed by atoms with Gasteiger partial charge in [-0.05, 0) is 48.5 Å². The third kappa shape index (κ3) is 5.17. The number of methoxy groups -OCH3 is 4. The number of ether oxygens (including phenoxy) is 4. The number of hydrogen-bond donors (Lipinski definition) is 0. The van der Waals surface area contributed by atoms with Crippen molar-refractivity contribution in [3.05, 3.63) is 71.8 Å². The molecule has 0 saturated carbocycles. The van der Waals surface area contributed by atoms with E-state index in [1.54, 1.807) is 40.9 Å². The topological polar surface area (TPSA) is 61.6 Å². The highest BCUT2D eigenvalue weighted by Gasteiger charge is 2.04. The van der Waals surface area contributed by atoms with E-state index in [4.69, 9.17) is 18.9 Å². The van der Waals surface area contributed by atoms with Gasteiger partial charge in [-0.1, -0.05) is 0 Å². The molecular formula is C24H24N2O4. The van der Waals surface area contributed by atoms with Crippen molar-refractivity contribution in [3.8, 4) is 23.0 Å². The van der Waals surface area contributed by atoms with Gasteiger partial charge in [0.15, 0.2) is 0 Å². The maximum atomic E-state index is 5.39. The summed E-state index contributed by atoms with van der Waals surface area (Å²) in [6, 6.07) is 18.8. The molecule has 6 heteroatoms. The average molecular weight is 404 g/mol. The van der Waals surface area contributed by atoms with Crippen molar-refractivity contribution in [2.45, 2.75) is 0 Å². The van der Waals surface area contributed by atoms with Crippen LogP contribution in [0.25, 0.3) is 0 Å². The number of hydrogen-bond acceptors (Lipinski definition) is 6. The SMILES string of the molecule is COc1ccc(C=Nc2ccc(N=Cc3ccc(OC)cc3OC)cc2)c(OC)c1. The van der Waals surface area contributed by atoms with E-state index in [-0.39, 0.29) is 0 Å². The van der Waals surface area contributed by atoms with E-state index in [1.807, 2.05) is 60.7 Å². The van der Waals surface area contributed by atoms with Crippen molar-refractivity contribution < 1.29 is 18.9 Å². The summed E-state index contributed by atoms with van der Waals surface area (Å²) >= 11 is 0. The van der Waals surface area contributed by atoms with Crippen LogP contribution in [-0.4, -0.2) is 40.9 Å². The minimum Gasteiger partial charge on any atom is -0.497 e. The monoisotopic (exact) mass is 404 g/mol. The zero-order valence-corrected chi connectivity index (χ0v) is 17.5. The summed E-state index contributed by atoms with van der Waals surface area (Å²) in [5.74, 6) is 2.87. The van der Waals surface area contributed by atoms with Crippen LogP contribution in [0, 0.1) is 0 Å². The molecule has 0 aromatic heterocycles. The second-order valence-corrected chi connectivity index (χ2v) is 6.25. The fourth-order valence-corrected chi connectivity index (χ4v) is 2.76. The molecule has 0 fully saturated rings. The van der Waals surface area contributed by atoms with Crippen LogP contribution >= 0.6 is 0 Å². The Morgan fingerprint density at radius 1 is 0.533 bits per heavy atom. The number of aliphatic imine (C=N–C) groups is 2. The molecule has 0 spiro atoms. The predicted octanol–water partition coefficient (Wildman–Crippen LogP) is 5.22. The summed E-state index contributed by atoms with van der Waals surface area (Å²) < 4.78 is 21.2. The van der Waals surface area contributed by atoms with Gasteiger partial charge in [0.05, 0.1) is 39.8 Å². The highest BCUT2D eigenvalue weighted by molar-refractivity contribution is 5.87. The van der Waals surface area contributed by atoms with Gasteiger partial charge in [-0.25, -0.2) is 0 Å². The molecule has 0 N–H and O–H groups in total. The Balaban J connectivity index is 1.73. The Morgan fingerprint density at radius 2 is 0.933 bits per heavy atom. The normalized spacial score (nSPS) is 11.1. The number of benzene rings is 3. The van der Waals surface area contributed by atoms with Crippen molar-refractivity contribution in [2.75, 3.05) is 28.4 Å². The van der Waals surface area contributed by atoms with E-state index < -0.39 is 0 Å². The molecule has 0 radical (unpaired) electrons. The molecule has 3 aromatic carbocycles. The van der Waals surface area contributed by atoms with E-state index >= 15 is 0 Å². The fraction of sp³-hybridized carbons (Fsp3) is 0.167. The van der Waals surface area contributed by atoms with E-state index in [2.05, 4.69) is 9.98 Å². The quantitative estimate of drug-likeness (QED) is 0.483. The largest absolute Gasteiger partial charge is 0.497 e. The van der Waals surface area contributed by atoms with E-state index in [9.17, 15) is 0 Å². The second kappa shape index (κ2) is 10.1. The van der Waals surface area contributed by atoms with E-state index in [1.165, 1.54) is 0 Å². The molecule has 3 rings (SSSR count).